The second kappa shape index (κ2) is 5.66. The fourth-order valence-corrected chi connectivity index (χ4v) is 1.73. The van der Waals surface area contributed by atoms with Crippen molar-refractivity contribution >= 4 is 11.9 Å². The first kappa shape index (κ1) is 14.2. The molecule has 1 unspecified atom stereocenters. The van der Waals surface area contributed by atoms with E-state index in [1.165, 1.54) is 4.90 Å². The van der Waals surface area contributed by atoms with Crippen molar-refractivity contribution in [3.63, 3.8) is 0 Å². The Morgan fingerprint density at radius 3 is 2.44 bits per heavy atom. The van der Waals surface area contributed by atoms with Crippen LogP contribution >= 0.6 is 0 Å². The molecule has 0 saturated heterocycles. The molecule has 1 atom stereocenters. The Labute approximate surface area is 106 Å². The predicted octanol–water partition coefficient (Wildman–Crippen LogP) is 1.62. The monoisotopic (exact) mass is 254 g/mol. The molecule has 0 aromatic carbocycles. The highest BCUT2D eigenvalue weighted by molar-refractivity contribution is 5.97. The van der Waals surface area contributed by atoms with Crippen LogP contribution in [0, 0.1) is 13.8 Å². The summed E-state index contributed by atoms with van der Waals surface area (Å²) < 4.78 is 4.94. The van der Waals surface area contributed by atoms with Gasteiger partial charge < -0.3 is 14.5 Å². The number of rotatable bonds is 5. The van der Waals surface area contributed by atoms with Crippen LogP contribution in [0.15, 0.2) is 4.52 Å². The molecule has 1 aromatic rings. The van der Waals surface area contributed by atoms with Crippen LogP contribution in [0.3, 0.4) is 0 Å². The summed E-state index contributed by atoms with van der Waals surface area (Å²) in [7, 11) is 0. The van der Waals surface area contributed by atoms with Crippen LogP contribution in [0.25, 0.3) is 0 Å². The first-order valence-corrected chi connectivity index (χ1v) is 5.84. The van der Waals surface area contributed by atoms with Gasteiger partial charge in [0, 0.05) is 6.04 Å². The van der Waals surface area contributed by atoms with Gasteiger partial charge in [-0.15, -0.1) is 0 Å². The summed E-state index contributed by atoms with van der Waals surface area (Å²) in [6.45, 7) is 6.71. The van der Waals surface area contributed by atoms with Gasteiger partial charge in [-0.2, -0.15) is 0 Å². The van der Waals surface area contributed by atoms with E-state index in [0.29, 0.717) is 23.4 Å². The highest BCUT2D eigenvalue weighted by Gasteiger charge is 2.27. The molecule has 0 aliphatic heterocycles. The number of hydrogen-bond acceptors (Lipinski definition) is 4. The Hall–Kier alpha value is -1.85. The normalized spacial score (nSPS) is 12.2. The van der Waals surface area contributed by atoms with Gasteiger partial charge in [-0.25, -0.2) is 0 Å². The summed E-state index contributed by atoms with van der Waals surface area (Å²) in [4.78, 5) is 24.5. The third kappa shape index (κ3) is 2.88. The van der Waals surface area contributed by atoms with Crippen LogP contribution in [0.4, 0.5) is 0 Å². The number of aromatic nitrogens is 1. The van der Waals surface area contributed by atoms with E-state index in [4.69, 9.17) is 9.63 Å². The lowest BCUT2D eigenvalue weighted by atomic mass is 10.1. The van der Waals surface area contributed by atoms with Gasteiger partial charge in [0.05, 0.1) is 5.69 Å². The molecule has 0 spiro atoms. The largest absolute Gasteiger partial charge is 0.480 e. The molecule has 1 N–H and O–H groups in total. The zero-order valence-electron chi connectivity index (χ0n) is 11.1. The molecule has 1 heterocycles. The van der Waals surface area contributed by atoms with Crippen LogP contribution in [0.1, 0.15) is 42.1 Å². The molecule has 0 aliphatic rings. The van der Waals surface area contributed by atoms with Gasteiger partial charge in [0.25, 0.3) is 5.91 Å². The first-order chi connectivity index (χ1) is 8.38. The zero-order valence-corrected chi connectivity index (χ0v) is 11.1. The number of carboxylic acid groups (broad SMARTS) is 1. The van der Waals surface area contributed by atoms with E-state index in [2.05, 4.69) is 5.16 Å². The van der Waals surface area contributed by atoms with Crippen LogP contribution in [-0.4, -0.2) is 39.6 Å². The Bertz CT molecular complexity index is 433. The van der Waals surface area contributed by atoms with E-state index in [9.17, 15) is 9.59 Å². The third-order valence-corrected chi connectivity index (χ3v) is 2.94. The summed E-state index contributed by atoms with van der Waals surface area (Å²) in [5.74, 6) is -0.963. The fourth-order valence-electron chi connectivity index (χ4n) is 1.73. The molecule has 6 nitrogen and oxygen atoms in total. The number of carbonyl (C=O) groups is 2. The Morgan fingerprint density at radius 1 is 1.44 bits per heavy atom. The van der Waals surface area contributed by atoms with Gasteiger partial charge >= 0.3 is 5.97 Å². The van der Waals surface area contributed by atoms with Crippen molar-refractivity contribution in [1.29, 1.82) is 0 Å². The Kier molecular flexibility index (Phi) is 4.47. The molecule has 1 aromatic heterocycles. The molecule has 1 rings (SSSR count). The molecule has 0 radical (unpaired) electrons. The molecule has 0 saturated carbocycles. The van der Waals surface area contributed by atoms with Crippen LogP contribution in [-0.2, 0) is 4.79 Å². The highest BCUT2D eigenvalue weighted by atomic mass is 16.5. The van der Waals surface area contributed by atoms with Gasteiger partial charge in [0.15, 0.2) is 0 Å². The van der Waals surface area contributed by atoms with E-state index in [1.54, 1.807) is 13.8 Å². The number of carboxylic acids is 1. The minimum atomic E-state index is -1.03. The number of nitrogens with zero attached hydrogens (tertiary/aromatic N) is 2. The minimum Gasteiger partial charge on any atom is -0.480 e. The van der Waals surface area contributed by atoms with Crippen molar-refractivity contribution in [3.8, 4) is 0 Å². The van der Waals surface area contributed by atoms with Gasteiger partial charge in [0.2, 0.25) is 0 Å². The number of aliphatic carboxylic acids is 1. The highest BCUT2D eigenvalue weighted by Crippen LogP contribution is 2.17. The molecule has 6 heteroatoms. The number of carbonyl (C=O) groups excluding carboxylic acids is 1. The second-order valence-corrected chi connectivity index (χ2v) is 4.28. The van der Waals surface area contributed by atoms with E-state index < -0.39 is 5.97 Å². The topological polar surface area (TPSA) is 83.6 Å². The van der Waals surface area contributed by atoms with Crippen molar-refractivity contribution < 1.29 is 19.2 Å². The van der Waals surface area contributed by atoms with E-state index in [1.807, 2.05) is 13.8 Å². The fraction of sp³-hybridized carbons (Fsp3) is 0.583. The standard InChI is InChI=1S/C12H18N2O4/c1-5-7(2)14(6-10(15)16)12(17)11-8(3)13-18-9(11)4/h7H,5-6H2,1-4H3,(H,15,16). The van der Waals surface area contributed by atoms with Gasteiger partial charge in [-0.05, 0) is 27.2 Å². The van der Waals surface area contributed by atoms with Gasteiger partial charge in [-0.3, -0.25) is 9.59 Å². The lowest BCUT2D eigenvalue weighted by molar-refractivity contribution is -0.138. The van der Waals surface area contributed by atoms with Crippen LogP contribution in [0.2, 0.25) is 0 Å². The Balaban J connectivity index is 3.06. The van der Waals surface area contributed by atoms with Crippen molar-refractivity contribution in [2.24, 2.45) is 0 Å². The number of aryl methyl sites for hydroxylation is 2. The molecule has 0 aliphatic carbocycles. The Morgan fingerprint density at radius 2 is 2.06 bits per heavy atom. The van der Waals surface area contributed by atoms with Crippen molar-refractivity contribution in [2.75, 3.05) is 6.54 Å². The molecule has 0 fully saturated rings. The van der Waals surface area contributed by atoms with Crippen LogP contribution in [0.5, 0.6) is 0 Å². The maximum Gasteiger partial charge on any atom is 0.323 e. The van der Waals surface area contributed by atoms with Crippen molar-refractivity contribution in [2.45, 2.75) is 40.2 Å². The SMILES string of the molecule is CCC(C)N(CC(=O)O)C(=O)c1c(C)noc1C. The predicted molar refractivity (Wildman–Crippen MR) is 64.4 cm³/mol. The summed E-state index contributed by atoms with van der Waals surface area (Å²) in [6.07, 6.45) is 0.683. The van der Waals surface area contributed by atoms with Gasteiger partial charge in [0.1, 0.15) is 17.9 Å². The first-order valence-electron chi connectivity index (χ1n) is 5.84. The molecule has 18 heavy (non-hydrogen) atoms. The maximum atomic E-state index is 12.3. The lowest BCUT2D eigenvalue weighted by Crippen LogP contribution is -2.42. The number of amides is 1. The average Bonchev–Trinajstić information content (AvgIpc) is 2.64. The second-order valence-electron chi connectivity index (χ2n) is 4.28. The van der Waals surface area contributed by atoms with E-state index in [0.717, 1.165) is 0 Å². The lowest BCUT2D eigenvalue weighted by Gasteiger charge is -2.26. The molecule has 0 bridgehead atoms. The maximum absolute atomic E-state index is 12.3. The molecule has 1 amide bonds. The zero-order chi connectivity index (χ0) is 13.9. The van der Waals surface area contributed by atoms with Crippen LogP contribution < -0.4 is 0 Å². The summed E-state index contributed by atoms with van der Waals surface area (Å²) >= 11 is 0. The number of hydrogen-bond donors (Lipinski definition) is 1. The van der Waals surface area contributed by atoms with E-state index >= 15 is 0 Å². The quantitative estimate of drug-likeness (QED) is 0.863. The van der Waals surface area contributed by atoms with Crippen molar-refractivity contribution in [1.82, 2.24) is 10.1 Å². The van der Waals surface area contributed by atoms with Crippen molar-refractivity contribution in [3.05, 3.63) is 17.0 Å². The van der Waals surface area contributed by atoms with E-state index in [-0.39, 0.29) is 18.5 Å². The smallest absolute Gasteiger partial charge is 0.323 e. The third-order valence-electron chi connectivity index (χ3n) is 2.94. The molecular weight excluding hydrogens is 236 g/mol. The molecular formula is C12H18N2O4. The van der Waals surface area contributed by atoms with Gasteiger partial charge in [-0.1, -0.05) is 12.1 Å². The molecule has 100 valence electrons. The summed E-state index contributed by atoms with van der Waals surface area (Å²) in [5, 5.41) is 12.6. The summed E-state index contributed by atoms with van der Waals surface area (Å²) in [5.41, 5.74) is 0.841. The average molecular weight is 254 g/mol. The summed E-state index contributed by atoms with van der Waals surface area (Å²) in [6, 6.07) is -0.151. The minimum absolute atomic E-state index is 0.151.